The fourth-order valence-electron chi connectivity index (χ4n) is 14.0. The Morgan fingerprint density at radius 3 is 0.711 bits per heavy atom. The molecule has 0 radical (unpaired) electrons. The minimum Gasteiger partial charge on any atom is -0.481 e. The Kier molecular flexibility index (Phi) is 65.2. The molecule has 1 fully saturated rings. The fourth-order valence-corrected chi connectivity index (χ4v) is 14.0. The van der Waals surface area contributed by atoms with E-state index < -0.39 is 18.0 Å². The van der Waals surface area contributed by atoms with E-state index in [2.05, 4.69) is 20.8 Å². The summed E-state index contributed by atoms with van der Waals surface area (Å²) in [4.78, 5) is 12.0. The summed E-state index contributed by atoms with van der Waals surface area (Å²) >= 11 is 0. The number of carboxylic acid groups (broad SMARTS) is 1. The van der Waals surface area contributed by atoms with E-state index >= 15 is 0 Å². The summed E-state index contributed by atoms with van der Waals surface area (Å²) in [5.74, 6) is -0.611. The predicted molar refractivity (Wildman–Crippen MR) is 369 cm³/mol. The van der Waals surface area contributed by atoms with Gasteiger partial charge in [-0.05, 0) is 31.6 Å². The minimum absolute atomic E-state index is 0.583. The van der Waals surface area contributed by atoms with Crippen LogP contribution in [0.25, 0.3) is 0 Å². The molecule has 0 amide bonds. The van der Waals surface area contributed by atoms with Crippen molar-refractivity contribution in [2.45, 2.75) is 489 Å². The van der Waals surface area contributed by atoms with E-state index in [1.54, 1.807) is 0 Å². The van der Waals surface area contributed by atoms with Crippen LogP contribution in [0, 0.1) is 11.8 Å². The van der Waals surface area contributed by atoms with Gasteiger partial charge in [0.1, 0.15) is 0 Å². The van der Waals surface area contributed by atoms with Crippen molar-refractivity contribution in [2.24, 2.45) is 11.8 Å². The molecular formula is C79H156O4. The van der Waals surface area contributed by atoms with E-state index in [0.717, 1.165) is 31.6 Å². The van der Waals surface area contributed by atoms with Gasteiger partial charge in [0.15, 0.2) is 0 Å². The molecule has 1 aliphatic heterocycles. The molecule has 2 N–H and O–H groups in total. The lowest BCUT2D eigenvalue weighted by atomic mass is 9.91. The quantitative estimate of drug-likeness (QED) is 0.0470. The topological polar surface area (TPSA) is 70.1 Å². The summed E-state index contributed by atoms with van der Waals surface area (Å²) in [5, 5.41) is 20.5. The van der Waals surface area contributed by atoms with Crippen LogP contribution in [0.5, 0.6) is 0 Å². The van der Waals surface area contributed by atoms with E-state index in [-0.39, 0.29) is 0 Å². The first-order valence-electron chi connectivity index (χ1n) is 39.6. The summed E-state index contributed by atoms with van der Waals surface area (Å²) in [6, 6.07) is 0. The van der Waals surface area contributed by atoms with Crippen LogP contribution in [0.3, 0.4) is 0 Å². The van der Waals surface area contributed by atoms with Gasteiger partial charge in [-0.1, -0.05) is 445 Å². The highest BCUT2D eigenvalue weighted by atomic mass is 16.6. The number of carbonyl (C=O) groups is 1. The number of rotatable bonds is 74. The van der Waals surface area contributed by atoms with Gasteiger partial charge in [-0.2, -0.15) is 0 Å². The second kappa shape index (κ2) is 67.3. The number of hydrogen-bond donors (Lipinski definition) is 2. The predicted octanol–water partition coefficient (Wildman–Crippen LogP) is 27.8. The van der Waals surface area contributed by atoms with Crippen LogP contribution < -0.4 is 0 Å². The van der Waals surface area contributed by atoms with Crippen molar-refractivity contribution < 1.29 is 19.7 Å². The molecule has 0 aliphatic carbocycles. The highest BCUT2D eigenvalue weighted by molar-refractivity contribution is 5.70. The number of carboxylic acids is 1. The zero-order chi connectivity index (χ0) is 59.7. The van der Waals surface area contributed by atoms with Gasteiger partial charge in [0.05, 0.1) is 24.2 Å². The highest BCUT2D eigenvalue weighted by Crippen LogP contribution is 2.36. The van der Waals surface area contributed by atoms with Crippen LogP contribution in [0.15, 0.2) is 0 Å². The smallest absolute Gasteiger partial charge is 0.309 e. The molecule has 5 unspecified atom stereocenters. The third kappa shape index (κ3) is 60.1. The molecule has 4 heteroatoms. The van der Waals surface area contributed by atoms with Crippen LogP contribution in [0.1, 0.15) is 470 Å². The van der Waals surface area contributed by atoms with Crippen LogP contribution in [-0.2, 0) is 9.53 Å². The third-order valence-corrected chi connectivity index (χ3v) is 20.1. The molecule has 5 atom stereocenters. The van der Waals surface area contributed by atoms with Gasteiger partial charge in [0.2, 0.25) is 0 Å². The third-order valence-electron chi connectivity index (χ3n) is 20.1. The monoisotopic (exact) mass is 1170 g/mol. The molecule has 0 spiro atoms. The minimum atomic E-state index is -0.799. The molecule has 4 nitrogen and oxygen atoms in total. The molecule has 1 aliphatic rings. The molecule has 0 saturated carbocycles. The number of unbranched alkanes of at least 4 members (excludes halogenated alkanes) is 63. The number of aliphatic carboxylic acids is 1. The lowest BCUT2D eigenvalue weighted by Crippen LogP contribution is -2.28. The molecule has 0 aromatic rings. The summed E-state index contributed by atoms with van der Waals surface area (Å²) < 4.78 is 6.13. The van der Waals surface area contributed by atoms with Gasteiger partial charge in [0, 0.05) is 0 Å². The fraction of sp³-hybridized carbons (Fsp3) is 0.987. The molecule has 1 rings (SSSR count). The Hall–Kier alpha value is -0.610. The zero-order valence-electron chi connectivity index (χ0n) is 57.6. The van der Waals surface area contributed by atoms with Crippen molar-refractivity contribution in [1.82, 2.24) is 0 Å². The van der Waals surface area contributed by atoms with Crippen molar-refractivity contribution in [2.75, 3.05) is 0 Å². The summed E-state index contributed by atoms with van der Waals surface area (Å²) in [5.41, 5.74) is 0. The maximum atomic E-state index is 12.0. The molecule has 0 bridgehead atoms. The van der Waals surface area contributed by atoms with Crippen molar-refractivity contribution in [3.8, 4) is 0 Å². The Labute approximate surface area is 523 Å². The van der Waals surface area contributed by atoms with Gasteiger partial charge < -0.3 is 14.9 Å². The highest BCUT2D eigenvalue weighted by Gasteiger charge is 2.41. The number of aliphatic hydroxyl groups excluding tert-OH is 1. The molecule has 83 heavy (non-hydrogen) atoms. The SMILES string of the molecule is CCCCCCCCCCCCCCCCCCCCCCCCC(C(=O)O)C(O)CCCCCCCCCCCCCCCCCCCCCCCCCCCCCCCCC1OC1C(C)CCCCCCCCCCCCCCCC. The number of ether oxygens (including phenoxy) is 1. The van der Waals surface area contributed by atoms with Crippen LogP contribution in [0.2, 0.25) is 0 Å². The molecule has 0 aromatic carbocycles. The van der Waals surface area contributed by atoms with Gasteiger partial charge in [0.25, 0.3) is 0 Å². The maximum Gasteiger partial charge on any atom is 0.309 e. The van der Waals surface area contributed by atoms with Crippen molar-refractivity contribution in [3.63, 3.8) is 0 Å². The number of aliphatic hydroxyl groups is 1. The Bertz CT molecular complexity index is 1220. The van der Waals surface area contributed by atoms with E-state index in [0.29, 0.717) is 25.0 Å². The molecular weight excluding hydrogens is 1010 g/mol. The summed E-state index contributed by atoms with van der Waals surface area (Å²) in [7, 11) is 0. The van der Waals surface area contributed by atoms with Crippen molar-refractivity contribution in [1.29, 1.82) is 0 Å². The lowest BCUT2D eigenvalue weighted by molar-refractivity contribution is -0.146. The molecule has 0 aromatic heterocycles. The first-order valence-corrected chi connectivity index (χ1v) is 39.6. The summed E-state index contributed by atoms with van der Waals surface area (Å²) in [6.45, 7) is 7.06. The van der Waals surface area contributed by atoms with E-state index in [1.807, 2.05) is 0 Å². The lowest BCUT2D eigenvalue weighted by Gasteiger charge is -2.19. The standard InChI is InChI=1S/C79H156O4/c1-4-6-8-10-12-14-16-18-20-21-22-23-34-37-40-43-47-51-55-59-63-67-71-75(79(81)82)76(80)72-68-64-60-56-52-48-44-41-38-35-32-30-28-26-24-25-27-29-31-33-36-39-42-45-49-53-57-61-65-69-73-77-78(83-77)74(3)70-66-62-58-54-50-46-19-17-15-13-11-9-7-5-2/h74-78,80H,4-73H2,1-3H3,(H,81,82). The maximum absolute atomic E-state index is 12.0. The van der Waals surface area contributed by atoms with Crippen molar-refractivity contribution >= 4 is 5.97 Å². The van der Waals surface area contributed by atoms with Crippen LogP contribution in [-0.4, -0.2) is 34.5 Å². The molecule has 496 valence electrons. The van der Waals surface area contributed by atoms with E-state index in [9.17, 15) is 15.0 Å². The first-order chi connectivity index (χ1) is 41.0. The van der Waals surface area contributed by atoms with Crippen LogP contribution in [0.4, 0.5) is 0 Å². The zero-order valence-corrected chi connectivity index (χ0v) is 57.6. The normalized spacial score (nSPS) is 15.4. The van der Waals surface area contributed by atoms with Crippen LogP contribution >= 0.6 is 0 Å². The average Bonchev–Trinajstić information content (AvgIpc) is 4.41. The number of epoxide rings is 1. The van der Waals surface area contributed by atoms with E-state index in [4.69, 9.17) is 4.74 Å². The van der Waals surface area contributed by atoms with Gasteiger partial charge in [-0.3, -0.25) is 4.79 Å². The van der Waals surface area contributed by atoms with Crippen molar-refractivity contribution in [3.05, 3.63) is 0 Å². The second-order valence-electron chi connectivity index (χ2n) is 28.4. The molecule has 1 heterocycles. The second-order valence-corrected chi connectivity index (χ2v) is 28.4. The summed E-state index contributed by atoms with van der Waals surface area (Å²) in [6.07, 6.45) is 96.8. The molecule has 1 saturated heterocycles. The number of hydrogen-bond acceptors (Lipinski definition) is 3. The average molecular weight is 1170 g/mol. The Balaban J connectivity index is 1.72. The Morgan fingerprint density at radius 2 is 0.482 bits per heavy atom. The largest absolute Gasteiger partial charge is 0.481 e. The van der Waals surface area contributed by atoms with E-state index in [1.165, 1.54) is 411 Å². The van der Waals surface area contributed by atoms with Gasteiger partial charge in [-0.15, -0.1) is 0 Å². The van der Waals surface area contributed by atoms with Gasteiger partial charge >= 0.3 is 5.97 Å². The van der Waals surface area contributed by atoms with Gasteiger partial charge in [-0.25, -0.2) is 0 Å². The Morgan fingerprint density at radius 1 is 0.289 bits per heavy atom. The first kappa shape index (κ1) is 80.4.